The highest BCUT2D eigenvalue weighted by molar-refractivity contribution is 7.88. The van der Waals surface area contributed by atoms with E-state index in [2.05, 4.69) is 15.3 Å². The van der Waals surface area contributed by atoms with Crippen molar-refractivity contribution in [1.29, 1.82) is 5.26 Å². The van der Waals surface area contributed by atoms with Crippen molar-refractivity contribution < 1.29 is 27.0 Å². The number of nitrogens with one attached hydrogen (secondary N) is 1. The van der Waals surface area contributed by atoms with Crippen LogP contribution in [0.1, 0.15) is 44.6 Å². The second-order valence-electron chi connectivity index (χ2n) is 8.14. The average Bonchev–Trinajstić information content (AvgIpc) is 2.63. The normalized spacial score (nSPS) is 27.9. The van der Waals surface area contributed by atoms with E-state index in [0.717, 1.165) is 0 Å². The van der Waals surface area contributed by atoms with Crippen LogP contribution in [0.15, 0.2) is 6.20 Å². The van der Waals surface area contributed by atoms with E-state index in [0.29, 0.717) is 25.9 Å². The molecule has 1 saturated heterocycles. The van der Waals surface area contributed by atoms with Gasteiger partial charge in [-0.2, -0.15) is 10.2 Å². The fourth-order valence-corrected chi connectivity index (χ4v) is 4.69. The van der Waals surface area contributed by atoms with Gasteiger partial charge >= 0.3 is 0 Å². The lowest BCUT2D eigenvalue weighted by Crippen LogP contribution is -2.51. The van der Waals surface area contributed by atoms with Crippen molar-refractivity contribution in [2.24, 2.45) is 0 Å². The molecule has 0 radical (unpaired) electrons. The van der Waals surface area contributed by atoms with Gasteiger partial charge in [-0.3, -0.25) is 0 Å². The van der Waals surface area contributed by atoms with E-state index in [1.54, 1.807) is 0 Å². The number of hydrogen-bond donors (Lipinski definition) is 2. The van der Waals surface area contributed by atoms with Gasteiger partial charge in [-0.05, 0) is 26.2 Å². The maximum Gasteiger partial charge on any atom is 0.251 e. The van der Waals surface area contributed by atoms with Crippen LogP contribution in [0.5, 0.6) is 5.88 Å². The Hall–Kier alpha value is -2.10. The van der Waals surface area contributed by atoms with Crippen molar-refractivity contribution in [3.63, 3.8) is 0 Å². The summed E-state index contributed by atoms with van der Waals surface area (Å²) in [6.07, 6.45) is 1.36. The van der Waals surface area contributed by atoms with Crippen LogP contribution in [0.4, 0.5) is 14.7 Å². The smallest absolute Gasteiger partial charge is 0.251 e. The van der Waals surface area contributed by atoms with E-state index in [1.807, 2.05) is 6.07 Å². The molecule has 9 nitrogen and oxygen atoms in total. The summed E-state index contributed by atoms with van der Waals surface area (Å²) >= 11 is 0. The molecule has 2 N–H and O–H groups in total. The number of halogens is 2. The maximum atomic E-state index is 13.6. The Morgan fingerprint density at radius 2 is 2.03 bits per heavy atom. The van der Waals surface area contributed by atoms with Crippen molar-refractivity contribution in [3.05, 3.63) is 11.8 Å². The van der Waals surface area contributed by atoms with Gasteiger partial charge < -0.3 is 15.2 Å². The van der Waals surface area contributed by atoms with E-state index in [1.165, 1.54) is 23.7 Å². The van der Waals surface area contributed by atoms with Crippen molar-refractivity contribution in [2.45, 2.75) is 62.7 Å². The SMILES string of the molecule is C[C@@]1(O)CC(F)(F)CC[C@@H]1Oc1nc(NC2CCN(S(C)(=O)=O)CC2)ncc1C#N. The zero-order chi connectivity index (χ0) is 22.2. The number of nitriles is 1. The minimum absolute atomic E-state index is 0.0283. The van der Waals surface area contributed by atoms with Crippen LogP contribution in [-0.2, 0) is 10.0 Å². The maximum absolute atomic E-state index is 13.6. The fraction of sp³-hybridized carbons (Fsp3) is 0.722. The molecule has 1 aromatic heterocycles. The van der Waals surface area contributed by atoms with Crippen LogP contribution in [0.2, 0.25) is 0 Å². The molecule has 0 bridgehead atoms. The number of sulfonamides is 1. The molecule has 3 rings (SSSR count). The molecule has 12 heteroatoms. The molecule has 0 unspecified atom stereocenters. The molecule has 0 amide bonds. The first-order chi connectivity index (χ1) is 13.9. The number of anilines is 1. The Morgan fingerprint density at radius 3 is 2.60 bits per heavy atom. The van der Waals surface area contributed by atoms with Crippen LogP contribution in [0.25, 0.3) is 0 Å². The largest absolute Gasteiger partial charge is 0.470 e. The predicted molar refractivity (Wildman–Crippen MR) is 104 cm³/mol. The standard InChI is InChI=1S/C18H25F2N5O4S/c1-17(26)11-18(19,20)6-3-14(17)29-15-12(9-21)10-22-16(24-15)23-13-4-7-25(8-5-13)30(2,27)28/h10,13-14,26H,3-8,11H2,1-2H3,(H,22,23,24)/t14-,17+/m0/s1. The monoisotopic (exact) mass is 445 g/mol. The Balaban J connectivity index is 1.70. The quantitative estimate of drug-likeness (QED) is 0.698. The molecule has 1 aliphatic carbocycles. The van der Waals surface area contributed by atoms with Crippen LogP contribution in [-0.4, -0.2) is 70.8 Å². The van der Waals surface area contributed by atoms with E-state index in [-0.39, 0.29) is 29.9 Å². The van der Waals surface area contributed by atoms with Gasteiger partial charge in [-0.25, -0.2) is 26.5 Å². The van der Waals surface area contributed by atoms with Crippen molar-refractivity contribution in [3.8, 4) is 11.9 Å². The minimum atomic E-state index is -3.23. The lowest BCUT2D eigenvalue weighted by molar-refractivity contribution is -0.162. The summed E-state index contributed by atoms with van der Waals surface area (Å²) in [7, 11) is -3.23. The van der Waals surface area contributed by atoms with Crippen LogP contribution in [0.3, 0.4) is 0 Å². The third-order valence-corrected chi connectivity index (χ3v) is 6.77. The first-order valence-corrected chi connectivity index (χ1v) is 11.5. The summed E-state index contributed by atoms with van der Waals surface area (Å²) in [5.41, 5.74) is -1.74. The minimum Gasteiger partial charge on any atom is -0.470 e. The van der Waals surface area contributed by atoms with Crippen molar-refractivity contribution >= 4 is 16.0 Å². The molecule has 30 heavy (non-hydrogen) atoms. The molecule has 2 heterocycles. The highest BCUT2D eigenvalue weighted by Crippen LogP contribution is 2.40. The summed E-state index contributed by atoms with van der Waals surface area (Å²) in [5.74, 6) is -2.87. The van der Waals surface area contributed by atoms with Crippen molar-refractivity contribution in [2.75, 3.05) is 24.7 Å². The second kappa shape index (κ2) is 8.20. The highest BCUT2D eigenvalue weighted by Gasteiger charge is 2.49. The van der Waals surface area contributed by atoms with Gasteiger partial charge in [0.2, 0.25) is 21.9 Å². The summed E-state index contributed by atoms with van der Waals surface area (Å²) in [6.45, 7) is 2.03. The summed E-state index contributed by atoms with van der Waals surface area (Å²) in [6, 6.07) is 1.83. The fourth-order valence-electron chi connectivity index (χ4n) is 3.82. The summed E-state index contributed by atoms with van der Waals surface area (Å²) in [5, 5.41) is 22.8. The lowest BCUT2D eigenvalue weighted by Gasteiger charge is -2.40. The molecule has 0 aromatic carbocycles. The van der Waals surface area contributed by atoms with Gasteiger partial charge in [-0.1, -0.05) is 0 Å². The van der Waals surface area contributed by atoms with Crippen LogP contribution < -0.4 is 10.1 Å². The summed E-state index contributed by atoms with van der Waals surface area (Å²) in [4.78, 5) is 8.29. The van der Waals surface area contributed by atoms with Gasteiger partial charge in [0.05, 0.1) is 12.5 Å². The molecule has 2 aliphatic rings. The number of aliphatic hydroxyl groups is 1. The first kappa shape index (κ1) is 22.6. The first-order valence-electron chi connectivity index (χ1n) is 9.65. The number of piperidine rings is 1. The van der Waals surface area contributed by atoms with Crippen LogP contribution >= 0.6 is 0 Å². The van der Waals surface area contributed by atoms with Gasteiger partial charge in [0, 0.05) is 32.0 Å². The predicted octanol–water partition coefficient (Wildman–Crippen LogP) is 1.50. The van der Waals surface area contributed by atoms with Crippen LogP contribution in [0, 0.1) is 11.3 Å². The number of nitrogens with zero attached hydrogens (tertiary/aromatic N) is 4. The summed E-state index contributed by atoms with van der Waals surface area (Å²) < 4.78 is 57.6. The third kappa shape index (κ3) is 5.33. The lowest BCUT2D eigenvalue weighted by atomic mass is 9.81. The molecule has 2 atom stereocenters. The number of rotatable bonds is 5. The molecule has 2 fully saturated rings. The highest BCUT2D eigenvalue weighted by atomic mass is 32.2. The zero-order valence-corrected chi connectivity index (χ0v) is 17.6. The molecular weight excluding hydrogens is 420 g/mol. The molecule has 1 aromatic rings. The Morgan fingerprint density at radius 1 is 1.37 bits per heavy atom. The van der Waals surface area contributed by atoms with Gasteiger partial charge in [0.15, 0.2) is 0 Å². The third-order valence-electron chi connectivity index (χ3n) is 5.47. The van der Waals surface area contributed by atoms with E-state index in [9.17, 15) is 27.6 Å². The topological polar surface area (TPSA) is 128 Å². The molecule has 166 valence electrons. The second-order valence-corrected chi connectivity index (χ2v) is 10.1. The van der Waals surface area contributed by atoms with Gasteiger partial charge in [0.1, 0.15) is 23.3 Å². The molecule has 0 spiro atoms. The Labute approximate surface area is 174 Å². The van der Waals surface area contributed by atoms with E-state index in [4.69, 9.17) is 4.74 Å². The number of aromatic nitrogens is 2. The van der Waals surface area contributed by atoms with Crippen molar-refractivity contribution in [1.82, 2.24) is 14.3 Å². The van der Waals surface area contributed by atoms with E-state index < -0.39 is 40.5 Å². The Kier molecular flexibility index (Phi) is 6.18. The van der Waals surface area contributed by atoms with Gasteiger partial charge in [-0.15, -0.1) is 0 Å². The Bertz CT molecular complexity index is 927. The number of ether oxygens (including phenoxy) is 1. The van der Waals surface area contributed by atoms with Gasteiger partial charge in [0.25, 0.3) is 5.92 Å². The molecule has 1 aliphatic heterocycles. The molecule has 1 saturated carbocycles. The average molecular weight is 445 g/mol. The number of hydrogen-bond acceptors (Lipinski definition) is 8. The van der Waals surface area contributed by atoms with E-state index >= 15 is 0 Å². The zero-order valence-electron chi connectivity index (χ0n) is 16.8. The molecular formula is C18H25F2N5O4S. The number of alkyl halides is 2.